The van der Waals surface area contributed by atoms with Gasteiger partial charge in [-0.2, -0.15) is 0 Å². The second-order valence-electron chi connectivity index (χ2n) is 7.12. The van der Waals surface area contributed by atoms with Gasteiger partial charge in [-0.3, -0.25) is 14.9 Å². The molecular weight excluding hydrogens is 418 g/mol. The lowest BCUT2D eigenvalue weighted by molar-refractivity contribution is -0.384. The zero-order valence-electron chi connectivity index (χ0n) is 15.5. The number of nitro benzene ring substituents is 1. The van der Waals surface area contributed by atoms with Crippen LogP contribution in [-0.2, 0) is 16.1 Å². The van der Waals surface area contributed by atoms with Gasteiger partial charge in [-0.05, 0) is 37.8 Å². The maximum atomic E-state index is 12.3. The molecule has 1 aliphatic heterocycles. The number of aromatic nitrogens is 3. The second kappa shape index (κ2) is 8.68. The first-order chi connectivity index (χ1) is 14.0. The number of hydrogen-bond donors (Lipinski definition) is 1. The van der Waals surface area contributed by atoms with Gasteiger partial charge in [0.1, 0.15) is 10.8 Å². The maximum Gasteiger partial charge on any atom is 0.289 e. The van der Waals surface area contributed by atoms with Gasteiger partial charge in [-0.25, -0.2) is 0 Å². The van der Waals surface area contributed by atoms with Gasteiger partial charge in [0.2, 0.25) is 5.91 Å². The molecule has 0 radical (unpaired) electrons. The number of thioether (sulfide) groups is 1. The molecule has 1 aromatic carbocycles. The summed E-state index contributed by atoms with van der Waals surface area (Å²) in [6.07, 6.45) is 4.46. The number of ether oxygens (including phenoxy) is 1. The average molecular weight is 438 g/mol. The summed E-state index contributed by atoms with van der Waals surface area (Å²) in [6.45, 7) is 1.48. The first kappa shape index (κ1) is 20.1. The van der Waals surface area contributed by atoms with Crippen LogP contribution in [-0.4, -0.2) is 44.1 Å². The Bertz CT molecular complexity index is 927. The topological polar surface area (TPSA) is 112 Å². The number of benzene rings is 1. The van der Waals surface area contributed by atoms with E-state index in [0.717, 1.165) is 38.1 Å². The van der Waals surface area contributed by atoms with Crippen LogP contribution in [0.25, 0.3) is 0 Å². The number of nitro groups is 1. The summed E-state index contributed by atoms with van der Waals surface area (Å²) in [5.74, 6) is 1.25. The molecular formula is C18H20ClN5O4S. The third kappa shape index (κ3) is 4.88. The number of carbonyl (C=O) groups is 1. The van der Waals surface area contributed by atoms with Crippen molar-refractivity contribution >= 4 is 40.6 Å². The Morgan fingerprint density at radius 1 is 1.38 bits per heavy atom. The van der Waals surface area contributed by atoms with Crippen molar-refractivity contribution in [3.05, 3.63) is 39.2 Å². The van der Waals surface area contributed by atoms with Gasteiger partial charge in [-0.15, -0.1) is 10.2 Å². The predicted molar refractivity (Wildman–Crippen MR) is 108 cm³/mol. The summed E-state index contributed by atoms with van der Waals surface area (Å²) in [6, 6.07) is 4.17. The van der Waals surface area contributed by atoms with Gasteiger partial charge in [0.15, 0.2) is 5.16 Å². The quantitative estimate of drug-likeness (QED) is 0.381. The molecule has 0 spiro atoms. The number of anilines is 1. The predicted octanol–water partition coefficient (Wildman–Crippen LogP) is 3.63. The second-order valence-corrected chi connectivity index (χ2v) is 8.47. The maximum absolute atomic E-state index is 12.3. The lowest BCUT2D eigenvalue weighted by atomic mass is 10.2. The molecule has 2 fully saturated rings. The molecule has 11 heteroatoms. The molecule has 154 valence electrons. The van der Waals surface area contributed by atoms with Crippen LogP contribution in [0, 0.1) is 10.1 Å². The van der Waals surface area contributed by atoms with E-state index in [1.165, 1.54) is 30.0 Å². The van der Waals surface area contributed by atoms with E-state index in [2.05, 4.69) is 20.1 Å². The van der Waals surface area contributed by atoms with E-state index in [1.54, 1.807) is 0 Å². The number of hydrogen-bond acceptors (Lipinski definition) is 7. The molecule has 1 unspecified atom stereocenters. The van der Waals surface area contributed by atoms with E-state index in [-0.39, 0.29) is 28.5 Å². The van der Waals surface area contributed by atoms with Crippen LogP contribution < -0.4 is 5.32 Å². The van der Waals surface area contributed by atoms with Gasteiger partial charge < -0.3 is 14.6 Å². The van der Waals surface area contributed by atoms with Crippen molar-refractivity contribution in [2.24, 2.45) is 0 Å². The van der Waals surface area contributed by atoms with Gasteiger partial charge >= 0.3 is 0 Å². The molecule has 1 aliphatic carbocycles. The lowest BCUT2D eigenvalue weighted by Gasteiger charge is -2.14. The SMILES string of the molecule is O=C(CSc1nnc(C2CC2)n1CC1CCCO1)Nc1ccc(Cl)c([N+](=O)[O-])c1. The molecule has 1 saturated carbocycles. The molecule has 2 aliphatic rings. The van der Waals surface area contributed by atoms with Crippen molar-refractivity contribution in [2.75, 3.05) is 17.7 Å². The normalized spacial score (nSPS) is 18.7. The van der Waals surface area contributed by atoms with Crippen LogP contribution in [0.1, 0.15) is 37.4 Å². The Labute approximate surface area is 176 Å². The average Bonchev–Trinajstić information content (AvgIpc) is 3.25. The number of amides is 1. The van der Waals surface area contributed by atoms with Crippen LogP contribution in [0.15, 0.2) is 23.4 Å². The van der Waals surface area contributed by atoms with Gasteiger partial charge in [0.05, 0.1) is 23.3 Å². The lowest BCUT2D eigenvalue weighted by Crippen LogP contribution is -2.19. The van der Waals surface area contributed by atoms with E-state index >= 15 is 0 Å². The first-order valence-corrected chi connectivity index (χ1v) is 10.8. The van der Waals surface area contributed by atoms with Crippen LogP contribution in [0.5, 0.6) is 0 Å². The fourth-order valence-electron chi connectivity index (χ4n) is 3.27. The van der Waals surface area contributed by atoms with Crippen molar-refractivity contribution in [3.63, 3.8) is 0 Å². The van der Waals surface area contributed by atoms with Crippen molar-refractivity contribution in [1.29, 1.82) is 0 Å². The number of nitrogens with one attached hydrogen (secondary N) is 1. The molecule has 2 heterocycles. The third-order valence-electron chi connectivity index (χ3n) is 4.86. The summed E-state index contributed by atoms with van der Waals surface area (Å²) in [7, 11) is 0. The van der Waals surface area contributed by atoms with E-state index in [4.69, 9.17) is 16.3 Å². The fourth-order valence-corrected chi connectivity index (χ4v) is 4.21. The highest BCUT2D eigenvalue weighted by molar-refractivity contribution is 7.99. The molecule has 1 N–H and O–H groups in total. The molecule has 29 heavy (non-hydrogen) atoms. The first-order valence-electron chi connectivity index (χ1n) is 9.42. The van der Waals surface area contributed by atoms with Crippen molar-refractivity contribution in [3.8, 4) is 0 Å². The smallest absolute Gasteiger partial charge is 0.289 e. The Morgan fingerprint density at radius 3 is 2.90 bits per heavy atom. The molecule has 0 bridgehead atoms. The van der Waals surface area contributed by atoms with E-state index in [1.807, 2.05) is 0 Å². The van der Waals surface area contributed by atoms with Crippen molar-refractivity contribution in [1.82, 2.24) is 14.8 Å². The Hall–Kier alpha value is -2.17. The molecule has 4 rings (SSSR count). The molecule has 1 saturated heterocycles. The minimum Gasteiger partial charge on any atom is -0.376 e. The summed E-state index contributed by atoms with van der Waals surface area (Å²) < 4.78 is 7.83. The van der Waals surface area contributed by atoms with Gasteiger partial charge in [0, 0.05) is 24.3 Å². The molecule has 2 aromatic rings. The zero-order chi connectivity index (χ0) is 20.4. The van der Waals surface area contributed by atoms with Gasteiger partial charge in [-0.1, -0.05) is 23.4 Å². The molecule has 9 nitrogen and oxygen atoms in total. The van der Waals surface area contributed by atoms with E-state index in [9.17, 15) is 14.9 Å². The molecule has 1 atom stereocenters. The van der Waals surface area contributed by atoms with E-state index < -0.39 is 4.92 Å². The van der Waals surface area contributed by atoms with Crippen molar-refractivity contribution < 1.29 is 14.5 Å². The summed E-state index contributed by atoms with van der Waals surface area (Å²) in [5.41, 5.74) is 0.0775. The summed E-state index contributed by atoms with van der Waals surface area (Å²) >= 11 is 7.10. The Morgan fingerprint density at radius 2 is 2.21 bits per heavy atom. The highest BCUT2D eigenvalue weighted by atomic mass is 35.5. The Balaban J connectivity index is 1.40. The zero-order valence-corrected chi connectivity index (χ0v) is 17.1. The Kier molecular flexibility index (Phi) is 6.02. The number of rotatable bonds is 8. The van der Waals surface area contributed by atoms with Crippen LogP contribution in [0.4, 0.5) is 11.4 Å². The highest BCUT2D eigenvalue weighted by Gasteiger charge is 2.32. The van der Waals surface area contributed by atoms with Crippen molar-refractivity contribution in [2.45, 2.75) is 49.4 Å². The molecule has 1 amide bonds. The monoisotopic (exact) mass is 437 g/mol. The third-order valence-corrected chi connectivity index (χ3v) is 6.14. The summed E-state index contributed by atoms with van der Waals surface area (Å²) in [5, 5.41) is 23.0. The standard InChI is InChI=1S/C18H20ClN5O4S/c19-14-6-5-12(8-15(14)24(26)27)20-16(25)10-29-18-22-21-17(11-3-4-11)23(18)9-13-2-1-7-28-13/h5-6,8,11,13H,1-4,7,9-10H2,(H,20,25). The minimum atomic E-state index is -0.584. The summed E-state index contributed by atoms with van der Waals surface area (Å²) in [4.78, 5) is 22.7. The van der Waals surface area contributed by atoms with Crippen LogP contribution in [0.3, 0.4) is 0 Å². The molecule has 1 aromatic heterocycles. The number of carbonyl (C=O) groups excluding carboxylic acids is 1. The van der Waals surface area contributed by atoms with Gasteiger partial charge in [0.25, 0.3) is 5.69 Å². The fraction of sp³-hybridized carbons (Fsp3) is 0.500. The van der Waals surface area contributed by atoms with Crippen LogP contribution in [0.2, 0.25) is 5.02 Å². The number of halogens is 1. The number of nitrogens with zero attached hydrogens (tertiary/aromatic N) is 4. The van der Waals surface area contributed by atoms with E-state index in [0.29, 0.717) is 23.3 Å². The minimum absolute atomic E-state index is 0.0252. The largest absolute Gasteiger partial charge is 0.376 e. The highest BCUT2D eigenvalue weighted by Crippen LogP contribution is 2.40. The van der Waals surface area contributed by atoms with Crippen LogP contribution >= 0.6 is 23.4 Å².